The van der Waals surface area contributed by atoms with Crippen molar-refractivity contribution >= 4 is 12.1 Å². The van der Waals surface area contributed by atoms with E-state index >= 15 is 0 Å². The van der Waals surface area contributed by atoms with Crippen LogP contribution >= 0.6 is 0 Å². The quantitative estimate of drug-likeness (QED) is 0.647. The number of rotatable bonds is 5. The molecule has 1 saturated carbocycles. The SMILES string of the molecule is C=C1CCC(C)=C(C(=O)n2cc(-c3cccc(C)c3)cn2)/C1=C(/N=C\C)NC1(C)CC1. The highest BCUT2D eigenvalue weighted by molar-refractivity contribution is 6.02. The second-order valence-corrected chi connectivity index (χ2v) is 8.90. The van der Waals surface area contributed by atoms with Crippen molar-refractivity contribution in [3.05, 3.63) is 76.9 Å². The highest BCUT2D eigenvalue weighted by Gasteiger charge is 2.39. The van der Waals surface area contributed by atoms with Crippen molar-refractivity contribution in [2.24, 2.45) is 4.99 Å². The van der Waals surface area contributed by atoms with E-state index < -0.39 is 0 Å². The van der Waals surface area contributed by atoms with Crippen LogP contribution in [0.15, 0.2) is 76.3 Å². The first-order chi connectivity index (χ1) is 14.8. The van der Waals surface area contributed by atoms with E-state index in [4.69, 9.17) is 0 Å². The molecular formula is C26H30N4O. The fourth-order valence-electron chi connectivity index (χ4n) is 3.96. The van der Waals surface area contributed by atoms with Crippen molar-refractivity contribution in [2.45, 2.75) is 58.9 Å². The Morgan fingerprint density at radius 3 is 2.71 bits per heavy atom. The van der Waals surface area contributed by atoms with E-state index in [-0.39, 0.29) is 11.4 Å². The molecule has 31 heavy (non-hydrogen) atoms. The number of carbonyl (C=O) groups is 1. The van der Waals surface area contributed by atoms with Gasteiger partial charge in [0, 0.05) is 29.1 Å². The number of benzene rings is 1. The number of aliphatic imine (C=N–C) groups is 1. The number of carbonyl (C=O) groups excluding carboxylic acids is 1. The number of nitrogens with one attached hydrogen (secondary N) is 1. The maximum absolute atomic E-state index is 13.7. The summed E-state index contributed by atoms with van der Waals surface area (Å²) in [5.74, 6) is 0.597. The van der Waals surface area contributed by atoms with Crippen LogP contribution in [0.2, 0.25) is 0 Å². The van der Waals surface area contributed by atoms with Gasteiger partial charge in [-0.1, -0.05) is 42.0 Å². The van der Waals surface area contributed by atoms with Gasteiger partial charge in [-0.2, -0.15) is 5.10 Å². The van der Waals surface area contributed by atoms with Crippen molar-refractivity contribution in [2.75, 3.05) is 0 Å². The molecule has 0 atom stereocenters. The minimum atomic E-state index is -0.140. The molecule has 5 nitrogen and oxygen atoms in total. The molecule has 1 heterocycles. The number of aryl methyl sites for hydroxylation is 1. The van der Waals surface area contributed by atoms with E-state index in [0.29, 0.717) is 5.57 Å². The van der Waals surface area contributed by atoms with Gasteiger partial charge in [-0.15, -0.1) is 0 Å². The highest BCUT2D eigenvalue weighted by Crippen LogP contribution is 2.40. The topological polar surface area (TPSA) is 59.3 Å². The Balaban J connectivity index is 1.76. The lowest BCUT2D eigenvalue weighted by Crippen LogP contribution is -2.30. The minimum Gasteiger partial charge on any atom is -0.364 e. The van der Waals surface area contributed by atoms with Gasteiger partial charge in [-0.25, -0.2) is 9.67 Å². The summed E-state index contributed by atoms with van der Waals surface area (Å²) in [6, 6.07) is 8.20. The number of aromatic nitrogens is 2. The van der Waals surface area contributed by atoms with Gasteiger partial charge in [0.25, 0.3) is 5.91 Å². The lowest BCUT2D eigenvalue weighted by molar-refractivity contribution is 0.0940. The van der Waals surface area contributed by atoms with Gasteiger partial charge in [-0.05, 0) is 64.5 Å². The van der Waals surface area contributed by atoms with Gasteiger partial charge in [0.1, 0.15) is 5.82 Å². The van der Waals surface area contributed by atoms with Crippen molar-refractivity contribution in [1.29, 1.82) is 0 Å². The number of hydrogen-bond acceptors (Lipinski definition) is 4. The molecule has 1 aromatic carbocycles. The fourth-order valence-corrected chi connectivity index (χ4v) is 3.96. The van der Waals surface area contributed by atoms with Crippen LogP contribution < -0.4 is 5.32 Å². The smallest absolute Gasteiger partial charge is 0.278 e. The molecule has 0 unspecified atom stereocenters. The van der Waals surface area contributed by atoms with E-state index in [0.717, 1.165) is 59.4 Å². The van der Waals surface area contributed by atoms with E-state index in [1.54, 1.807) is 12.4 Å². The summed E-state index contributed by atoms with van der Waals surface area (Å²) in [4.78, 5) is 18.3. The third kappa shape index (κ3) is 4.31. The average Bonchev–Trinajstić information content (AvgIpc) is 3.26. The standard InChI is InChI=1S/C26H30N4O/c1-6-27-24(29-26(5)12-13-26)22-18(3)10-11-19(4)23(22)25(31)30-16-21(15-28-30)20-9-7-8-17(2)14-20/h6-9,14-16,29H,3,10-13H2,1-2,4-5H3/b24-22-,27-6-. The van der Waals surface area contributed by atoms with Crippen molar-refractivity contribution in [3.63, 3.8) is 0 Å². The third-order valence-electron chi connectivity index (χ3n) is 6.10. The Morgan fingerprint density at radius 2 is 2.03 bits per heavy atom. The van der Waals surface area contributed by atoms with Crippen LogP contribution in [0, 0.1) is 6.92 Å². The Kier molecular flexibility index (Phi) is 5.52. The normalized spacial score (nSPS) is 19.7. The summed E-state index contributed by atoms with van der Waals surface area (Å²) in [6.45, 7) is 12.4. The first-order valence-corrected chi connectivity index (χ1v) is 10.9. The van der Waals surface area contributed by atoms with E-state index in [1.807, 2.05) is 32.2 Å². The fraction of sp³-hybridized carbons (Fsp3) is 0.346. The van der Waals surface area contributed by atoms with Crippen LogP contribution in [0.4, 0.5) is 0 Å². The summed E-state index contributed by atoms with van der Waals surface area (Å²) in [5, 5.41) is 7.97. The third-order valence-corrected chi connectivity index (χ3v) is 6.10. The average molecular weight is 415 g/mol. The van der Waals surface area contributed by atoms with Gasteiger partial charge < -0.3 is 5.32 Å². The number of allylic oxidation sites excluding steroid dienone is 4. The molecule has 1 fully saturated rings. The summed E-state index contributed by atoms with van der Waals surface area (Å²) in [5.41, 5.74) is 6.66. The maximum Gasteiger partial charge on any atom is 0.278 e. The van der Waals surface area contributed by atoms with Crippen LogP contribution in [0.25, 0.3) is 11.1 Å². The van der Waals surface area contributed by atoms with Crippen LogP contribution in [-0.2, 0) is 0 Å². The van der Waals surface area contributed by atoms with Crippen LogP contribution in [-0.4, -0.2) is 27.4 Å². The molecule has 0 radical (unpaired) electrons. The Bertz CT molecular complexity index is 1140. The molecule has 5 heteroatoms. The van der Waals surface area contributed by atoms with Crippen molar-refractivity contribution < 1.29 is 4.79 Å². The molecule has 160 valence electrons. The predicted octanol–water partition coefficient (Wildman–Crippen LogP) is 5.61. The summed E-state index contributed by atoms with van der Waals surface area (Å²) in [6.07, 6.45) is 9.16. The molecule has 0 saturated heterocycles. The van der Waals surface area contributed by atoms with Crippen molar-refractivity contribution in [3.8, 4) is 11.1 Å². The monoisotopic (exact) mass is 414 g/mol. The number of hydrogen-bond donors (Lipinski definition) is 1. The summed E-state index contributed by atoms with van der Waals surface area (Å²) in [7, 11) is 0. The summed E-state index contributed by atoms with van der Waals surface area (Å²) >= 11 is 0. The van der Waals surface area contributed by atoms with Crippen molar-refractivity contribution in [1.82, 2.24) is 15.1 Å². The first kappa shape index (κ1) is 21.0. The lowest BCUT2D eigenvalue weighted by Gasteiger charge is -2.26. The van der Waals surface area contributed by atoms with Gasteiger partial charge >= 0.3 is 0 Å². The van der Waals surface area contributed by atoms with Crippen LogP contribution in [0.5, 0.6) is 0 Å². The Morgan fingerprint density at radius 1 is 1.26 bits per heavy atom. The second-order valence-electron chi connectivity index (χ2n) is 8.90. The Hall–Kier alpha value is -3.21. The van der Waals surface area contributed by atoms with Gasteiger partial charge in [0.2, 0.25) is 0 Å². The molecule has 2 aliphatic carbocycles. The molecule has 2 aromatic rings. The maximum atomic E-state index is 13.7. The van der Waals surface area contributed by atoms with Gasteiger partial charge in [-0.3, -0.25) is 4.79 Å². The first-order valence-electron chi connectivity index (χ1n) is 10.9. The lowest BCUT2D eigenvalue weighted by atomic mass is 9.84. The molecule has 1 aromatic heterocycles. The van der Waals surface area contributed by atoms with E-state index in [9.17, 15) is 4.79 Å². The molecule has 0 aliphatic heterocycles. The predicted molar refractivity (Wildman–Crippen MR) is 126 cm³/mol. The molecule has 0 bridgehead atoms. The van der Waals surface area contributed by atoms with Gasteiger partial charge in [0.05, 0.1) is 11.8 Å². The van der Waals surface area contributed by atoms with Gasteiger partial charge in [0.15, 0.2) is 0 Å². The van der Waals surface area contributed by atoms with Crippen LogP contribution in [0.1, 0.15) is 56.8 Å². The zero-order valence-corrected chi connectivity index (χ0v) is 18.8. The zero-order chi connectivity index (χ0) is 22.2. The minimum absolute atomic E-state index is 0.0403. The summed E-state index contributed by atoms with van der Waals surface area (Å²) < 4.78 is 1.45. The molecule has 2 aliphatic rings. The molecular weight excluding hydrogens is 384 g/mol. The number of nitrogens with zero attached hydrogens (tertiary/aromatic N) is 3. The molecule has 4 rings (SSSR count). The molecule has 0 spiro atoms. The van der Waals surface area contributed by atoms with Crippen LogP contribution in [0.3, 0.4) is 0 Å². The Labute approximate surface area is 184 Å². The zero-order valence-electron chi connectivity index (χ0n) is 18.8. The van der Waals surface area contributed by atoms with E-state index in [2.05, 4.69) is 48.0 Å². The second kappa shape index (κ2) is 8.14. The largest absolute Gasteiger partial charge is 0.364 e. The van der Waals surface area contributed by atoms with E-state index in [1.165, 1.54) is 10.2 Å². The highest BCUT2D eigenvalue weighted by atomic mass is 16.2. The molecule has 0 amide bonds. The molecule has 1 N–H and O–H groups in total.